The van der Waals surface area contributed by atoms with Crippen molar-refractivity contribution in [2.75, 3.05) is 6.61 Å². The summed E-state index contributed by atoms with van der Waals surface area (Å²) >= 11 is 0. The van der Waals surface area contributed by atoms with E-state index in [1.54, 1.807) is 26.0 Å². The van der Waals surface area contributed by atoms with Gasteiger partial charge in [-0.1, -0.05) is 31.2 Å². The number of carbonyl (C=O) groups excluding carboxylic acids is 1. The fourth-order valence-corrected chi connectivity index (χ4v) is 6.11. The fourth-order valence-electron chi connectivity index (χ4n) is 4.59. The van der Waals surface area contributed by atoms with Crippen LogP contribution in [-0.4, -0.2) is 40.4 Å². The number of esters is 1. The molecule has 1 aliphatic rings. The molecule has 1 unspecified atom stereocenters. The van der Waals surface area contributed by atoms with E-state index in [-0.39, 0.29) is 18.3 Å². The molecule has 5 atom stereocenters. The first kappa shape index (κ1) is 33.2. The van der Waals surface area contributed by atoms with Gasteiger partial charge in [0.15, 0.2) is 0 Å². The Morgan fingerprint density at radius 1 is 1.07 bits per heavy atom. The number of aromatic amines is 1. The van der Waals surface area contributed by atoms with Crippen LogP contribution in [-0.2, 0) is 29.5 Å². The van der Waals surface area contributed by atoms with E-state index in [9.17, 15) is 32.1 Å². The average molecular weight is 640 g/mol. The molecule has 2 heterocycles. The van der Waals surface area contributed by atoms with Gasteiger partial charge in [0.05, 0.1) is 24.4 Å². The summed E-state index contributed by atoms with van der Waals surface area (Å²) in [7, 11) is -4.26. The topological polar surface area (TPSA) is 138 Å². The van der Waals surface area contributed by atoms with Gasteiger partial charge in [-0.25, -0.2) is 9.36 Å². The molecule has 2 aromatic carbocycles. The number of alkyl halides is 3. The van der Waals surface area contributed by atoms with Gasteiger partial charge in [-0.15, -0.1) is 0 Å². The molecule has 3 aromatic rings. The molecule has 11 nitrogen and oxygen atoms in total. The summed E-state index contributed by atoms with van der Waals surface area (Å²) in [6.45, 7) is 6.37. The summed E-state index contributed by atoms with van der Waals surface area (Å²) in [5, 5.41) is 2.59. The van der Waals surface area contributed by atoms with Gasteiger partial charge in [0, 0.05) is 18.2 Å². The number of hydrogen-bond acceptors (Lipinski definition) is 8. The average Bonchev–Trinajstić information content (AvgIpc) is 3.31. The van der Waals surface area contributed by atoms with Crippen molar-refractivity contribution in [1.82, 2.24) is 14.6 Å². The summed E-state index contributed by atoms with van der Waals surface area (Å²) < 4.78 is 76.6. The van der Waals surface area contributed by atoms with E-state index in [1.807, 2.05) is 6.92 Å². The monoisotopic (exact) mass is 639 g/mol. The standard InChI is InChI=1S/C29H33F3N3O8P/c1-17(2)41-27(37)19(4)34-44(39,40-16-24-15-18(3)26(42-24)35-14-13-25(36)33-28(35)38)43-23-11-7-21(8-12-23)20-5-9-22(10-6-20)29(30,31)32/h5-14,17-19,24,26H,15-16H2,1-4H3,(H,34,39)(H,33,36,38)/t18-,19-,24-,26+,44?/m0/s1. The van der Waals surface area contributed by atoms with Crippen molar-refractivity contribution in [1.29, 1.82) is 0 Å². The summed E-state index contributed by atoms with van der Waals surface area (Å²) in [5.74, 6) is -0.759. The normalized spacial score (nSPS) is 20.7. The molecular formula is C29H33F3N3O8P. The fraction of sp³-hybridized carbons (Fsp3) is 0.414. The Bertz CT molecular complexity index is 1610. The van der Waals surface area contributed by atoms with E-state index in [4.69, 9.17) is 18.5 Å². The highest BCUT2D eigenvalue weighted by Crippen LogP contribution is 2.46. The Morgan fingerprint density at radius 2 is 1.68 bits per heavy atom. The lowest BCUT2D eigenvalue weighted by atomic mass is 10.0. The van der Waals surface area contributed by atoms with Gasteiger partial charge in [0.2, 0.25) is 0 Å². The van der Waals surface area contributed by atoms with Gasteiger partial charge >= 0.3 is 25.6 Å². The highest BCUT2D eigenvalue weighted by molar-refractivity contribution is 7.52. The maximum absolute atomic E-state index is 13.9. The molecule has 4 rings (SSSR count). The molecule has 0 bridgehead atoms. The second-order valence-electron chi connectivity index (χ2n) is 10.7. The van der Waals surface area contributed by atoms with Crippen LogP contribution in [0.1, 0.15) is 45.9 Å². The molecule has 0 spiro atoms. The lowest BCUT2D eigenvalue weighted by Crippen LogP contribution is -2.36. The number of rotatable bonds is 11. The number of nitrogens with zero attached hydrogens (tertiary/aromatic N) is 1. The van der Waals surface area contributed by atoms with Crippen LogP contribution in [0.4, 0.5) is 13.2 Å². The van der Waals surface area contributed by atoms with Gasteiger partial charge in [0.25, 0.3) is 5.56 Å². The number of nitrogens with one attached hydrogen (secondary N) is 2. The van der Waals surface area contributed by atoms with Gasteiger partial charge < -0.3 is 14.0 Å². The van der Waals surface area contributed by atoms with Crippen LogP contribution in [0, 0.1) is 5.92 Å². The maximum atomic E-state index is 13.9. The molecule has 44 heavy (non-hydrogen) atoms. The Labute approximate surface area is 250 Å². The van der Waals surface area contributed by atoms with Crippen LogP contribution in [0.3, 0.4) is 0 Å². The third-order valence-corrected chi connectivity index (χ3v) is 8.34. The number of ether oxygens (including phenoxy) is 2. The lowest BCUT2D eigenvalue weighted by Gasteiger charge is -2.24. The summed E-state index contributed by atoms with van der Waals surface area (Å²) in [5.41, 5.74) is -0.841. The number of hydrogen-bond donors (Lipinski definition) is 2. The van der Waals surface area contributed by atoms with Crippen molar-refractivity contribution in [3.05, 3.63) is 87.2 Å². The van der Waals surface area contributed by atoms with Crippen LogP contribution >= 0.6 is 7.75 Å². The Hall–Kier alpha value is -3.71. The van der Waals surface area contributed by atoms with Crippen LogP contribution in [0.5, 0.6) is 5.75 Å². The third kappa shape index (κ3) is 8.47. The number of aromatic nitrogens is 2. The molecule has 15 heteroatoms. The minimum Gasteiger partial charge on any atom is -0.462 e. The van der Waals surface area contributed by atoms with Crippen molar-refractivity contribution in [3.8, 4) is 16.9 Å². The van der Waals surface area contributed by atoms with Gasteiger partial charge in [-0.2, -0.15) is 18.3 Å². The largest absolute Gasteiger partial charge is 0.462 e. The molecule has 0 radical (unpaired) electrons. The zero-order valence-corrected chi connectivity index (χ0v) is 25.3. The van der Waals surface area contributed by atoms with E-state index >= 15 is 0 Å². The second kappa shape index (κ2) is 13.5. The first-order chi connectivity index (χ1) is 20.6. The quantitative estimate of drug-likeness (QED) is 0.212. The highest BCUT2D eigenvalue weighted by Gasteiger charge is 2.38. The predicted octanol–water partition coefficient (Wildman–Crippen LogP) is 5.28. The lowest BCUT2D eigenvalue weighted by molar-refractivity contribution is -0.149. The van der Waals surface area contributed by atoms with Crippen molar-refractivity contribution in [2.45, 2.75) is 64.8 Å². The summed E-state index contributed by atoms with van der Waals surface area (Å²) in [4.78, 5) is 38.3. The minimum atomic E-state index is -4.45. The van der Waals surface area contributed by atoms with Crippen molar-refractivity contribution < 1.29 is 41.1 Å². The minimum absolute atomic E-state index is 0.0966. The van der Waals surface area contributed by atoms with E-state index in [2.05, 4.69) is 10.1 Å². The van der Waals surface area contributed by atoms with E-state index in [1.165, 1.54) is 48.0 Å². The van der Waals surface area contributed by atoms with Gasteiger partial charge in [-0.05, 0) is 62.6 Å². The van der Waals surface area contributed by atoms with Crippen molar-refractivity contribution in [2.24, 2.45) is 5.92 Å². The van der Waals surface area contributed by atoms with E-state index < -0.39 is 61.2 Å². The SMILES string of the molecule is CC(C)OC(=O)[C@H](C)NP(=O)(OC[C@@H]1C[C@H](C)[C@H](n2ccc(=O)[nH]c2=O)O1)Oc1ccc(-c2ccc(C(F)(F)F)cc2)cc1. The Balaban J connectivity index is 1.49. The second-order valence-corrected chi connectivity index (χ2v) is 12.4. The molecule has 238 valence electrons. The summed E-state index contributed by atoms with van der Waals surface area (Å²) in [6.07, 6.45) is -4.45. The Morgan fingerprint density at radius 3 is 2.25 bits per heavy atom. The molecule has 1 saturated heterocycles. The van der Waals surface area contributed by atoms with Crippen LogP contribution < -0.4 is 20.9 Å². The molecule has 2 N–H and O–H groups in total. The van der Waals surface area contributed by atoms with E-state index in [0.29, 0.717) is 17.5 Å². The van der Waals surface area contributed by atoms with Crippen LogP contribution in [0.25, 0.3) is 11.1 Å². The van der Waals surface area contributed by atoms with E-state index in [0.717, 1.165) is 12.1 Å². The molecule has 1 aromatic heterocycles. The zero-order chi connectivity index (χ0) is 32.2. The third-order valence-electron chi connectivity index (χ3n) is 6.69. The number of benzene rings is 2. The van der Waals surface area contributed by atoms with Crippen LogP contribution in [0.2, 0.25) is 0 Å². The van der Waals surface area contributed by atoms with Gasteiger partial charge in [-0.3, -0.25) is 23.7 Å². The van der Waals surface area contributed by atoms with Crippen LogP contribution in [0.15, 0.2) is 70.4 Å². The molecule has 0 aliphatic carbocycles. The molecule has 1 fully saturated rings. The Kier molecular flexibility index (Phi) is 10.2. The van der Waals surface area contributed by atoms with Gasteiger partial charge in [0.1, 0.15) is 18.0 Å². The zero-order valence-electron chi connectivity index (χ0n) is 24.4. The van der Waals surface area contributed by atoms with Crippen molar-refractivity contribution in [3.63, 3.8) is 0 Å². The predicted molar refractivity (Wildman–Crippen MR) is 154 cm³/mol. The summed E-state index contributed by atoms with van der Waals surface area (Å²) in [6, 6.07) is 10.8. The molecule has 0 saturated carbocycles. The first-order valence-corrected chi connectivity index (χ1v) is 15.3. The molecule has 0 amide bonds. The maximum Gasteiger partial charge on any atom is 0.459 e. The molecule has 1 aliphatic heterocycles. The molecular weight excluding hydrogens is 606 g/mol. The highest BCUT2D eigenvalue weighted by atomic mass is 31.2. The van der Waals surface area contributed by atoms with Crippen molar-refractivity contribution >= 4 is 13.7 Å². The smallest absolute Gasteiger partial charge is 0.459 e. The number of H-pyrrole nitrogens is 1. The number of carbonyl (C=O) groups is 1. The number of halogens is 3. The first-order valence-electron chi connectivity index (χ1n) is 13.8.